The van der Waals surface area contributed by atoms with E-state index in [0.29, 0.717) is 23.1 Å². The highest BCUT2D eigenvalue weighted by atomic mass is 16.2. The molecule has 4 N–H and O–H groups in total. The van der Waals surface area contributed by atoms with Gasteiger partial charge in [0.05, 0.1) is 0 Å². The van der Waals surface area contributed by atoms with Crippen molar-refractivity contribution in [2.24, 2.45) is 0 Å². The standard InChI is InChI=1S/C26H25N7O2/c1-17(23(35)28-22-15-9-10-19(16-22)18(2)34)27-24-31-25(29-20-11-5-3-6-12-20)33-26(32-24)30-21-13-7-4-8-14-21/h3-17H,1-2H3,(H,28,35)(H3,27,29,30,31,32,33). The number of nitrogens with one attached hydrogen (secondary N) is 4. The molecule has 1 amide bonds. The molecule has 0 bridgehead atoms. The SMILES string of the molecule is CC(=O)c1cccc(NC(=O)C(C)Nc2nc(Nc3ccccc3)nc(Nc3ccccc3)n2)c1. The van der Waals surface area contributed by atoms with Crippen LogP contribution in [0.25, 0.3) is 0 Å². The summed E-state index contributed by atoms with van der Waals surface area (Å²) < 4.78 is 0. The summed E-state index contributed by atoms with van der Waals surface area (Å²) in [5.74, 6) is 0.468. The monoisotopic (exact) mass is 467 g/mol. The molecule has 0 aliphatic heterocycles. The third kappa shape index (κ3) is 6.61. The van der Waals surface area contributed by atoms with Crippen molar-refractivity contribution in [1.29, 1.82) is 0 Å². The molecule has 9 nitrogen and oxygen atoms in total. The Balaban J connectivity index is 1.53. The van der Waals surface area contributed by atoms with Crippen molar-refractivity contribution in [3.05, 3.63) is 90.5 Å². The Kier molecular flexibility index (Phi) is 7.27. The van der Waals surface area contributed by atoms with Gasteiger partial charge in [-0.2, -0.15) is 15.0 Å². The number of anilines is 6. The maximum absolute atomic E-state index is 12.8. The van der Waals surface area contributed by atoms with Gasteiger partial charge >= 0.3 is 0 Å². The van der Waals surface area contributed by atoms with Gasteiger partial charge in [-0.05, 0) is 50.2 Å². The molecule has 0 radical (unpaired) electrons. The highest BCUT2D eigenvalue weighted by Crippen LogP contribution is 2.19. The van der Waals surface area contributed by atoms with Crippen LogP contribution in [0.15, 0.2) is 84.9 Å². The summed E-state index contributed by atoms with van der Waals surface area (Å²) in [6.07, 6.45) is 0. The molecule has 0 saturated carbocycles. The van der Waals surface area contributed by atoms with Crippen LogP contribution in [0.5, 0.6) is 0 Å². The molecule has 176 valence electrons. The molecule has 4 aromatic rings. The molecule has 0 fully saturated rings. The molecule has 0 saturated heterocycles. The van der Waals surface area contributed by atoms with E-state index >= 15 is 0 Å². The first-order valence-electron chi connectivity index (χ1n) is 11.0. The molecule has 1 unspecified atom stereocenters. The minimum atomic E-state index is -0.674. The van der Waals surface area contributed by atoms with Crippen LogP contribution in [-0.2, 0) is 4.79 Å². The van der Waals surface area contributed by atoms with Gasteiger partial charge in [-0.25, -0.2) is 0 Å². The summed E-state index contributed by atoms with van der Waals surface area (Å²) in [6, 6.07) is 25.1. The number of hydrogen-bond acceptors (Lipinski definition) is 8. The quantitative estimate of drug-likeness (QED) is 0.254. The Bertz CT molecular complexity index is 1250. The molecule has 0 aliphatic carbocycles. The second-order valence-corrected chi connectivity index (χ2v) is 7.78. The molecule has 1 heterocycles. The number of benzene rings is 3. The van der Waals surface area contributed by atoms with Crippen LogP contribution in [0, 0.1) is 0 Å². The maximum atomic E-state index is 12.8. The Morgan fingerprint density at radius 3 is 1.74 bits per heavy atom. The Morgan fingerprint density at radius 1 is 0.686 bits per heavy atom. The summed E-state index contributed by atoms with van der Waals surface area (Å²) in [5.41, 5.74) is 2.68. The van der Waals surface area contributed by atoms with Crippen LogP contribution in [-0.4, -0.2) is 32.7 Å². The van der Waals surface area contributed by atoms with Gasteiger partial charge in [0.25, 0.3) is 0 Å². The van der Waals surface area contributed by atoms with Crippen molar-refractivity contribution < 1.29 is 9.59 Å². The van der Waals surface area contributed by atoms with Crippen LogP contribution in [0.4, 0.5) is 34.9 Å². The fourth-order valence-electron chi connectivity index (χ4n) is 3.18. The van der Waals surface area contributed by atoms with Crippen molar-refractivity contribution in [1.82, 2.24) is 15.0 Å². The fourth-order valence-corrected chi connectivity index (χ4v) is 3.18. The second kappa shape index (κ2) is 10.9. The fraction of sp³-hybridized carbons (Fsp3) is 0.115. The topological polar surface area (TPSA) is 121 Å². The lowest BCUT2D eigenvalue weighted by Crippen LogP contribution is -2.32. The summed E-state index contributed by atoms with van der Waals surface area (Å²) in [6.45, 7) is 3.18. The van der Waals surface area contributed by atoms with E-state index in [9.17, 15) is 9.59 Å². The van der Waals surface area contributed by atoms with E-state index in [4.69, 9.17) is 0 Å². The number of rotatable bonds is 9. The smallest absolute Gasteiger partial charge is 0.246 e. The lowest BCUT2D eigenvalue weighted by molar-refractivity contribution is -0.116. The van der Waals surface area contributed by atoms with Crippen LogP contribution in [0.2, 0.25) is 0 Å². The zero-order valence-corrected chi connectivity index (χ0v) is 19.3. The Hall–Kier alpha value is -4.79. The van der Waals surface area contributed by atoms with E-state index < -0.39 is 6.04 Å². The largest absolute Gasteiger partial charge is 0.342 e. The van der Waals surface area contributed by atoms with Crippen molar-refractivity contribution in [2.75, 3.05) is 21.3 Å². The zero-order valence-electron chi connectivity index (χ0n) is 19.3. The number of carbonyl (C=O) groups excluding carboxylic acids is 2. The molecule has 35 heavy (non-hydrogen) atoms. The number of Topliss-reactive ketones (excluding diaryl/α,β-unsaturated/α-hetero) is 1. The van der Waals surface area contributed by atoms with Crippen molar-refractivity contribution in [2.45, 2.75) is 19.9 Å². The van der Waals surface area contributed by atoms with Crippen LogP contribution < -0.4 is 21.3 Å². The highest BCUT2D eigenvalue weighted by molar-refractivity contribution is 5.99. The van der Waals surface area contributed by atoms with E-state index in [1.54, 1.807) is 31.2 Å². The van der Waals surface area contributed by atoms with Gasteiger partial charge in [0.2, 0.25) is 23.8 Å². The molecular weight excluding hydrogens is 442 g/mol. The summed E-state index contributed by atoms with van der Waals surface area (Å²) in [7, 11) is 0. The lowest BCUT2D eigenvalue weighted by atomic mass is 10.1. The minimum Gasteiger partial charge on any atom is -0.342 e. The molecule has 3 aromatic carbocycles. The van der Waals surface area contributed by atoms with Gasteiger partial charge in [0.1, 0.15) is 6.04 Å². The molecule has 0 aliphatic rings. The van der Waals surface area contributed by atoms with Gasteiger partial charge in [-0.1, -0.05) is 48.5 Å². The Morgan fingerprint density at radius 2 is 1.20 bits per heavy atom. The average molecular weight is 468 g/mol. The van der Waals surface area contributed by atoms with Gasteiger partial charge < -0.3 is 21.3 Å². The number of amides is 1. The van der Waals surface area contributed by atoms with Gasteiger partial charge in [-0.15, -0.1) is 0 Å². The molecule has 4 rings (SSSR count). The second-order valence-electron chi connectivity index (χ2n) is 7.78. The first-order valence-corrected chi connectivity index (χ1v) is 11.0. The molecule has 0 spiro atoms. The average Bonchev–Trinajstić information content (AvgIpc) is 2.85. The minimum absolute atomic E-state index is 0.0747. The van der Waals surface area contributed by atoms with Gasteiger partial charge in [-0.3, -0.25) is 9.59 Å². The maximum Gasteiger partial charge on any atom is 0.246 e. The van der Waals surface area contributed by atoms with Gasteiger partial charge in [0, 0.05) is 22.6 Å². The highest BCUT2D eigenvalue weighted by Gasteiger charge is 2.16. The summed E-state index contributed by atoms with van der Waals surface area (Å²) >= 11 is 0. The molecule has 1 atom stereocenters. The number of nitrogens with zero attached hydrogens (tertiary/aromatic N) is 3. The number of hydrogen-bond donors (Lipinski definition) is 4. The van der Waals surface area contributed by atoms with Crippen molar-refractivity contribution >= 4 is 46.6 Å². The molecule has 9 heteroatoms. The third-order valence-electron chi connectivity index (χ3n) is 4.97. The van der Waals surface area contributed by atoms with E-state index in [2.05, 4.69) is 36.2 Å². The number of carbonyl (C=O) groups is 2. The van der Waals surface area contributed by atoms with E-state index in [1.165, 1.54) is 6.92 Å². The first-order chi connectivity index (χ1) is 17.0. The Labute approximate surface area is 203 Å². The lowest BCUT2D eigenvalue weighted by Gasteiger charge is -2.16. The number of ketones is 1. The first kappa shape index (κ1) is 23.4. The van der Waals surface area contributed by atoms with E-state index in [1.807, 2.05) is 60.7 Å². The van der Waals surface area contributed by atoms with Crippen LogP contribution in [0.1, 0.15) is 24.2 Å². The normalized spacial score (nSPS) is 11.3. The number of aromatic nitrogens is 3. The van der Waals surface area contributed by atoms with Gasteiger partial charge in [0.15, 0.2) is 5.78 Å². The molecule has 1 aromatic heterocycles. The predicted molar refractivity (Wildman–Crippen MR) is 137 cm³/mol. The summed E-state index contributed by atoms with van der Waals surface area (Å²) in [5, 5.41) is 12.2. The van der Waals surface area contributed by atoms with Crippen LogP contribution >= 0.6 is 0 Å². The predicted octanol–water partition coefficient (Wildman–Crippen LogP) is 5.00. The van der Waals surface area contributed by atoms with E-state index in [-0.39, 0.29) is 17.6 Å². The van der Waals surface area contributed by atoms with Crippen LogP contribution in [0.3, 0.4) is 0 Å². The third-order valence-corrected chi connectivity index (χ3v) is 4.97. The van der Waals surface area contributed by atoms with Crippen molar-refractivity contribution in [3.63, 3.8) is 0 Å². The van der Waals surface area contributed by atoms with E-state index in [0.717, 1.165) is 11.4 Å². The zero-order chi connectivity index (χ0) is 24.6. The number of para-hydroxylation sites is 2. The molecular formula is C26H25N7O2. The van der Waals surface area contributed by atoms with Crippen molar-refractivity contribution in [3.8, 4) is 0 Å². The summed E-state index contributed by atoms with van der Waals surface area (Å²) in [4.78, 5) is 37.7.